The van der Waals surface area contributed by atoms with E-state index in [0.29, 0.717) is 6.42 Å². The third-order valence-electron chi connectivity index (χ3n) is 4.12. The maximum absolute atomic E-state index is 12.5. The fourth-order valence-electron chi connectivity index (χ4n) is 3.12. The maximum atomic E-state index is 12.5. The molecular formula is C21H36ClNO3Si. The van der Waals surface area contributed by atoms with E-state index in [1.807, 2.05) is 39.0 Å². The second-order valence-electron chi connectivity index (χ2n) is 9.37. The fourth-order valence-corrected chi connectivity index (χ4v) is 4.98. The number of hydrogen-bond acceptors (Lipinski definition) is 3. The average Bonchev–Trinajstić information content (AvgIpc) is 2.43. The first-order valence-electron chi connectivity index (χ1n) is 9.62. The monoisotopic (exact) mass is 413 g/mol. The Labute approximate surface area is 171 Å². The smallest absolute Gasteiger partial charge is 0.407 e. The zero-order valence-corrected chi connectivity index (χ0v) is 19.9. The van der Waals surface area contributed by atoms with Crippen LogP contribution in [0, 0.1) is 11.3 Å². The molecule has 0 heterocycles. The molecule has 0 fully saturated rings. The number of amides is 1. The molecule has 1 N–H and O–H groups in total. The summed E-state index contributed by atoms with van der Waals surface area (Å²) in [5.41, 5.74) is -0.0522. The lowest BCUT2D eigenvalue weighted by molar-refractivity contribution is 0.0374. The van der Waals surface area contributed by atoms with E-state index in [1.165, 1.54) is 0 Å². The zero-order valence-electron chi connectivity index (χ0n) is 18.0. The summed E-state index contributed by atoms with van der Waals surface area (Å²) in [7, 11) is -1.33. The van der Waals surface area contributed by atoms with Gasteiger partial charge in [0.05, 0.1) is 0 Å². The predicted molar refractivity (Wildman–Crippen MR) is 116 cm³/mol. The van der Waals surface area contributed by atoms with E-state index in [9.17, 15) is 4.79 Å². The Kier molecular flexibility index (Phi) is 8.84. The number of carbonyl (C=O) groups is 1. The standard InChI is InChI=1S/C21H36ClNO3Si/c1-20(2,3)17(18(22)26-27(7)8)16(14-15-12-10-9-11-13-15)23-19(24)25-21(4,5)6/h9-13,16-18,27H,14H2,1-8H3,(H,23,24)/t16-,17+,18?/m1/s1. The van der Waals surface area contributed by atoms with Crippen molar-refractivity contribution in [3.8, 4) is 0 Å². The van der Waals surface area contributed by atoms with Gasteiger partial charge in [-0.15, -0.1) is 0 Å². The minimum absolute atomic E-state index is 0.0817. The van der Waals surface area contributed by atoms with Gasteiger partial charge >= 0.3 is 6.09 Å². The van der Waals surface area contributed by atoms with Gasteiger partial charge in [-0.05, 0) is 51.3 Å². The van der Waals surface area contributed by atoms with Crippen LogP contribution in [0.25, 0.3) is 0 Å². The molecule has 154 valence electrons. The summed E-state index contributed by atoms with van der Waals surface area (Å²) in [6, 6.07) is 9.90. The number of rotatable bonds is 7. The highest BCUT2D eigenvalue weighted by Crippen LogP contribution is 2.36. The van der Waals surface area contributed by atoms with Gasteiger partial charge in [-0.25, -0.2) is 4.79 Å². The Morgan fingerprint density at radius 1 is 1.11 bits per heavy atom. The summed E-state index contributed by atoms with van der Waals surface area (Å²) in [5, 5.41) is 3.07. The Morgan fingerprint density at radius 2 is 1.67 bits per heavy atom. The first kappa shape index (κ1) is 24.0. The van der Waals surface area contributed by atoms with Gasteiger partial charge < -0.3 is 14.5 Å². The molecule has 0 aliphatic heterocycles. The molecule has 0 spiro atoms. The molecule has 0 aliphatic rings. The van der Waals surface area contributed by atoms with Crippen LogP contribution in [0.4, 0.5) is 4.79 Å². The minimum atomic E-state index is -1.33. The summed E-state index contributed by atoms with van der Waals surface area (Å²) >= 11 is 6.72. The molecule has 0 radical (unpaired) electrons. The van der Waals surface area contributed by atoms with Crippen molar-refractivity contribution in [1.82, 2.24) is 5.32 Å². The molecule has 1 rings (SSSR count). The molecule has 0 aromatic heterocycles. The van der Waals surface area contributed by atoms with Gasteiger partial charge in [0.2, 0.25) is 0 Å². The SMILES string of the molecule is C[SiH](C)OC(Cl)[C@H]([C@@H](Cc1ccccc1)NC(=O)OC(C)(C)C)C(C)(C)C. The number of hydrogen-bond donors (Lipinski definition) is 1. The van der Waals surface area contributed by atoms with E-state index in [4.69, 9.17) is 20.8 Å². The van der Waals surface area contributed by atoms with Crippen molar-refractivity contribution >= 4 is 26.7 Å². The van der Waals surface area contributed by atoms with E-state index < -0.39 is 26.3 Å². The lowest BCUT2D eigenvalue weighted by Gasteiger charge is -2.41. The molecule has 4 nitrogen and oxygen atoms in total. The third kappa shape index (κ3) is 9.13. The number of nitrogens with one attached hydrogen (secondary N) is 1. The summed E-state index contributed by atoms with van der Waals surface area (Å²) in [5.74, 6) is -0.0817. The van der Waals surface area contributed by atoms with E-state index in [1.54, 1.807) is 0 Å². The van der Waals surface area contributed by atoms with Crippen LogP contribution in [-0.4, -0.2) is 32.3 Å². The van der Waals surface area contributed by atoms with E-state index in [-0.39, 0.29) is 17.4 Å². The third-order valence-corrected chi connectivity index (χ3v) is 5.50. The van der Waals surface area contributed by atoms with Gasteiger partial charge in [0, 0.05) is 12.0 Å². The van der Waals surface area contributed by atoms with Crippen molar-refractivity contribution in [1.29, 1.82) is 0 Å². The highest BCUT2D eigenvalue weighted by atomic mass is 35.5. The van der Waals surface area contributed by atoms with Gasteiger partial charge in [-0.2, -0.15) is 0 Å². The molecule has 1 aromatic carbocycles. The molecule has 0 aliphatic carbocycles. The van der Waals surface area contributed by atoms with Crippen molar-refractivity contribution < 1.29 is 14.0 Å². The van der Waals surface area contributed by atoms with Crippen molar-refractivity contribution in [2.75, 3.05) is 0 Å². The van der Waals surface area contributed by atoms with Crippen molar-refractivity contribution in [2.45, 2.75) is 78.3 Å². The summed E-state index contributed by atoms with van der Waals surface area (Å²) < 4.78 is 11.6. The van der Waals surface area contributed by atoms with E-state index in [0.717, 1.165) is 5.56 Å². The molecule has 3 atom stereocenters. The quantitative estimate of drug-likeness (QED) is 0.484. The average molecular weight is 414 g/mol. The van der Waals surface area contributed by atoms with Gasteiger partial charge in [0.1, 0.15) is 11.2 Å². The maximum Gasteiger partial charge on any atom is 0.407 e. The number of halogens is 1. The molecule has 0 bridgehead atoms. The Morgan fingerprint density at radius 3 is 2.11 bits per heavy atom. The van der Waals surface area contributed by atoms with Crippen LogP contribution < -0.4 is 5.32 Å². The van der Waals surface area contributed by atoms with Gasteiger partial charge in [-0.3, -0.25) is 0 Å². The van der Waals surface area contributed by atoms with Crippen molar-refractivity contribution in [2.24, 2.45) is 11.3 Å². The number of benzene rings is 1. The second kappa shape index (κ2) is 9.94. The first-order chi connectivity index (χ1) is 12.3. The topological polar surface area (TPSA) is 47.6 Å². The van der Waals surface area contributed by atoms with Crippen LogP contribution in [0.5, 0.6) is 0 Å². The molecule has 0 saturated carbocycles. The van der Waals surface area contributed by atoms with Crippen LogP contribution in [0.2, 0.25) is 13.1 Å². The minimum Gasteiger partial charge on any atom is -0.444 e. The number of alkyl carbamates (subject to hydrolysis) is 1. The van der Waals surface area contributed by atoms with Crippen LogP contribution in [0.1, 0.15) is 47.1 Å². The summed E-state index contributed by atoms with van der Waals surface area (Å²) in [4.78, 5) is 12.5. The molecule has 1 aromatic rings. The van der Waals surface area contributed by atoms with Gasteiger partial charge in [0.15, 0.2) is 9.04 Å². The van der Waals surface area contributed by atoms with Crippen LogP contribution in [0.15, 0.2) is 30.3 Å². The Hall–Kier alpha value is -1.04. The molecule has 0 saturated heterocycles. The normalized spacial score (nSPS) is 15.9. The highest BCUT2D eigenvalue weighted by molar-refractivity contribution is 6.49. The number of carbonyl (C=O) groups excluding carboxylic acids is 1. The molecule has 1 amide bonds. The molecule has 1 unspecified atom stereocenters. The molecular weight excluding hydrogens is 378 g/mol. The number of ether oxygens (including phenoxy) is 1. The largest absolute Gasteiger partial charge is 0.444 e. The van der Waals surface area contributed by atoms with Crippen LogP contribution >= 0.6 is 11.6 Å². The highest BCUT2D eigenvalue weighted by Gasteiger charge is 2.40. The van der Waals surface area contributed by atoms with Crippen molar-refractivity contribution in [3.05, 3.63) is 35.9 Å². The van der Waals surface area contributed by atoms with Crippen LogP contribution in [-0.2, 0) is 15.6 Å². The molecule has 6 heteroatoms. The predicted octanol–water partition coefficient (Wildman–Crippen LogP) is 5.35. The summed E-state index contributed by atoms with van der Waals surface area (Å²) in [6.45, 7) is 16.2. The van der Waals surface area contributed by atoms with Gasteiger partial charge in [0.25, 0.3) is 0 Å². The Balaban J connectivity index is 3.15. The first-order valence-corrected chi connectivity index (χ1v) is 12.8. The molecule has 27 heavy (non-hydrogen) atoms. The van der Waals surface area contributed by atoms with E-state index >= 15 is 0 Å². The number of alkyl halides is 1. The lowest BCUT2D eigenvalue weighted by Crippen LogP contribution is -2.52. The second-order valence-corrected chi connectivity index (χ2v) is 12.2. The van der Waals surface area contributed by atoms with Crippen molar-refractivity contribution in [3.63, 3.8) is 0 Å². The lowest BCUT2D eigenvalue weighted by atomic mass is 9.75. The fraction of sp³-hybridized carbons (Fsp3) is 0.667. The zero-order chi connectivity index (χ0) is 20.8. The van der Waals surface area contributed by atoms with Crippen LogP contribution in [0.3, 0.4) is 0 Å². The summed E-state index contributed by atoms with van der Waals surface area (Å²) in [6.07, 6.45) is 0.233. The van der Waals surface area contributed by atoms with E-state index in [2.05, 4.69) is 51.3 Å². The van der Waals surface area contributed by atoms with Gasteiger partial charge in [-0.1, -0.05) is 62.7 Å². The Bertz CT molecular complexity index is 581.